The zero-order valence-corrected chi connectivity index (χ0v) is 38.0. The lowest BCUT2D eigenvalue weighted by Crippen LogP contribution is -2.37. The Balaban J connectivity index is 4.49. The standard InChI is InChI=1S/C48H82NO8P/c1-6-8-10-11-12-13-14-15-16-17-21-24-27-30-33-37-42-54-44-47(45-56-58(52,53)55-43-41-49(3,4)5)57-48(51)40-36-32-29-26-23-20-18-19-22-25-28-31-35-39-46(50)38-34-9-7-2/h9,13-14,19-20,22-23,28-29,31-32,34-35,37,39,42,46-47,50H,6-8,10-12,15-18,21,24-27,30,33,36,38,40-41,43-45H2,1-5H3/p+1/b14-13-,22-19-,23-20-,31-28+,32-29-,34-9-,39-35+,42-37+/t46?,47-/m1/s1. The molecule has 0 bridgehead atoms. The van der Waals surface area contributed by atoms with E-state index >= 15 is 0 Å². The van der Waals surface area contributed by atoms with Gasteiger partial charge in [-0.05, 0) is 83.1 Å². The van der Waals surface area contributed by atoms with Crippen molar-refractivity contribution in [3.63, 3.8) is 0 Å². The van der Waals surface area contributed by atoms with Gasteiger partial charge in [-0.15, -0.1) is 0 Å². The van der Waals surface area contributed by atoms with E-state index in [9.17, 15) is 19.4 Å². The number of unbranched alkanes of at least 4 members (excludes halogenated alkanes) is 11. The average molecular weight is 833 g/mol. The molecule has 0 rings (SSSR count). The number of quaternary nitrogens is 1. The molecule has 0 aliphatic rings. The van der Waals surface area contributed by atoms with E-state index in [1.165, 1.54) is 70.6 Å². The van der Waals surface area contributed by atoms with Crippen molar-refractivity contribution in [3.05, 3.63) is 97.4 Å². The highest BCUT2D eigenvalue weighted by atomic mass is 31.2. The normalized spacial score (nSPS) is 15.2. The second kappa shape index (κ2) is 39.7. The molecule has 3 atom stereocenters. The molecule has 10 heteroatoms. The molecule has 0 spiro atoms. The molecule has 0 aromatic carbocycles. The van der Waals surface area contributed by atoms with E-state index in [0.29, 0.717) is 23.9 Å². The van der Waals surface area contributed by atoms with E-state index in [2.05, 4.69) is 56.4 Å². The summed E-state index contributed by atoms with van der Waals surface area (Å²) >= 11 is 0. The van der Waals surface area contributed by atoms with Crippen molar-refractivity contribution in [2.45, 2.75) is 154 Å². The summed E-state index contributed by atoms with van der Waals surface area (Å²) in [7, 11) is 1.54. The highest BCUT2D eigenvalue weighted by Gasteiger charge is 2.26. The Bertz CT molecular complexity index is 1260. The first-order valence-corrected chi connectivity index (χ1v) is 23.6. The lowest BCUT2D eigenvalue weighted by molar-refractivity contribution is -0.870. The Morgan fingerprint density at radius 3 is 1.84 bits per heavy atom. The van der Waals surface area contributed by atoms with Gasteiger partial charge >= 0.3 is 13.8 Å². The zero-order valence-electron chi connectivity index (χ0n) is 37.1. The summed E-state index contributed by atoms with van der Waals surface area (Å²) in [5.41, 5.74) is 0. The number of carbonyl (C=O) groups is 1. The average Bonchev–Trinajstić information content (AvgIpc) is 3.17. The van der Waals surface area contributed by atoms with Crippen molar-refractivity contribution >= 4 is 13.8 Å². The second-order valence-corrected chi connectivity index (χ2v) is 17.1. The van der Waals surface area contributed by atoms with Crippen molar-refractivity contribution < 1.29 is 42.4 Å². The number of esters is 1. The fraction of sp³-hybridized carbons (Fsp3) is 0.646. The fourth-order valence-electron chi connectivity index (χ4n) is 5.33. The summed E-state index contributed by atoms with van der Waals surface area (Å²) in [6.45, 7) is 4.58. The van der Waals surface area contributed by atoms with Gasteiger partial charge in [0.1, 0.15) is 19.8 Å². The molecule has 2 unspecified atom stereocenters. The molecular formula is C48H83NO8P+. The molecule has 58 heavy (non-hydrogen) atoms. The number of nitrogens with zero attached hydrogens (tertiary/aromatic N) is 1. The predicted molar refractivity (Wildman–Crippen MR) is 243 cm³/mol. The quantitative estimate of drug-likeness (QED) is 0.0120. The van der Waals surface area contributed by atoms with E-state index in [4.69, 9.17) is 18.5 Å². The van der Waals surface area contributed by atoms with Crippen molar-refractivity contribution in [1.29, 1.82) is 0 Å². The molecular weight excluding hydrogens is 750 g/mol. The Kier molecular flexibility index (Phi) is 37.8. The Morgan fingerprint density at radius 2 is 1.22 bits per heavy atom. The van der Waals surface area contributed by atoms with Crippen LogP contribution in [0.15, 0.2) is 97.4 Å². The van der Waals surface area contributed by atoms with E-state index < -0.39 is 26.0 Å². The van der Waals surface area contributed by atoms with Crippen LogP contribution in [0, 0.1) is 0 Å². The number of hydrogen-bond acceptors (Lipinski definition) is 7. The molecule has 9 nitrogen and oxygen atoms in total. The van der Waals surface area contributed by atoms with Crippen LogP contribution in [0.4, 0.5) is 0 Å². The van der Waals surface area contributed by atoms with Gasteiger partial charge in [-0.3, -0.25) is 13.8 Å². The molecule has 0 aliphatic carbocycles. The number of likely N-dealkylation sites (N-methyl/N-ethyl adjacent to an activating group) is 1. The number of rotatable bonds is 39. The van der Waals surface area contributed by atoms with Crippen LogP contribution in [0.5, 0.6) is 0 Å². The van der Waals surface area contributed by atoms with Gasteiger partial charge in [-0.2, -0.15) is 0 Å². The first-order valence-electron chi connectivity index (χ1n) is 22.1. The van der Waals surface area contributed by atoms with Gasteiger partial charge in [0.05, 0.1) is 40.1 Å². The number of phosphoric acid groups is 1. The highest BCUT2D eigenvalue weighted by Crippen LogP contribution is 2.43. The largest absolute Gasteiger partial charge is 0.498 e. The maximum Gasteiger partial charge on any atom is 0.472 e. The number of aliphatic hydroxyl groups excluding tert-OH is 1. The molecule has 0 aromatic rings. The lowest BCUT2D eigenvalue weighted by Gasteiger charge is -2.24. The van der Waals surface area contributed by atoms with E-state index in [1.54, 1.807) is 12.3 Å². The number of allylic oxidation sites excluding steroid dienone is 13. The summed E-state index contributed by atoms with van der Waals surface area (Å²) in [4.78, 5) is 22.8. The van der Waals surface area contributed by atoms with E-state index in [0.717, 1.165) is 38.5 Å². The minimum absolute atomic E-state index is 0.00193. The Labute approximate surface area is 354 Å². The Hall–Kier alpha value is -2.78. The highest BCUT2D eigenvalue weighted by molar-refractivity contribution is 7.47. The van der Waals surface area contributed by atoms with E-state index in [1.807, 2.05) is 63.7 Å². The fourth-order valence-corrected chi connectivity index (χ4v) is 6.07. The van der Waals surface area contributed by atoms with Gasteiger partial charge in [-0.25, -0.2) is 4.57 Å². The van der Waals surface area contributed by atoms with Crippen LogP contribution in [0.2, 0.25) is 0 Å². The number of phosphoric ester groups is 1. The lowest BCUT2D eigenvalue weighted by atomic mass is 10.1. The van der Waals surface area contributed by atoms with Crippen molar-refractivity contribution in [3.8, 4) is 0 Å². The minimum Gasteiger partial charge on any atom is -0.498 e. The summed E-state index contributed by atoms with van der Waals surface area (Å²) in [6.07, 6.45) is 51.7. The maximum atomic E-state index is 12.7. The predicted octanol–water partition coefficient (Wildman–Crippen LogP) is 12.4. The molecule has 0 saturated heterocycles. The van der Waals surface area contributed by atoms with Crippen molar-refractivity contribution in [2.24, 2.45) is 0 Å². The smallest absolute Gasteiger partial charge is 0.472 e. The Morgan fingerprint density at radius 1 is 0.655 bits per heavy atom. The SMILES string of the molecule is CC/C=C\CC(O)/C=C/C=C/C/C=C\C/C=C\C/C=C\CCC(=O)O[C@H](CO/C=C/CCCCCCCC/C=C\CCCCCC)COP(=O)(O)OCC[N+](C)(C)C. The molecule has 0 aliphatic heterocycles. The third-order valence-corrected chi connectivity index (χ3v) is 9.77. The van der Waals surface area contributed by atoms with Crippen LogP contribution >= 0.6 is 7.82 Å². The minimum atomic E-state index is -4.33. The van der Waals surface area contributed by atoms with Crippen molar-refractivity contribution in [2.75, 3.05) is 47.5 Å². The topological polar surface area (TPSA) is 112 Å². The van der Waals surface area contributed by atoms with Gasteiger partial charge in [-0.1, -0.05) is 144 Å². The summed E-state index contributed by atoms with van der Waals surface area (Å²) < 4.78 is 34.6. The van der Waals surface area contributed by atoms with Gasteiger partial charge in [0.2, 0.25) is 0 Å². The van der Waals surface area contributed by atoms with Crippen LogP contribution in [0.1, 0.15) is 142 Å². The van der Waals surface area contributed by atoms with Gasteiger partial charge in [0.15, 0.2) is 6.10 Å². The first kappa shape index (κ1) is 55.2. The first-order chi connectivity index (χ1) is 28.0. The van der Waals surface area contributed by atoms with Gasteiger partial charge in [0, 0.05) is 6.42 Å². The summed E-state index contributed by atoms with van der Waals surface area (Å²) in [5.74, 6) is -0.437. The number of aliphatic hydroxyl groups is 1. The third kappa shape index (κ3) is 42.8. The maximum absolute atomic E-state index is 12.7. The molecule has 0 radical (unpaired) electrons. The molecule has 0 aromatic heterocycles. The summed E-state index contributed by atoms with van der Waals surface area (Å²) in [6, 6.07) is 0. The van der Waals surface area contributed by atoms with Crippen LogP contribution < -0.4 is 0 Å². The van der Waals surface area contributed by atoms with Crippen LogP contribution in [0.25, 0.3) is 0 Å². The molecule has 0 fully saturated rings. The second-order valence-electron chi connectivity index (χ2n) is 15.6. The van der Waals surface area contributed by atoms with Gasteiger partial charge in [0.25, 0.3) is 0 Å². The summed E-state index contributed by atoms with van der Waals surface area (Å²) in [5, 5.41) is 9.85. The molecule has 0 heterocycles. The monoisotopic (exact) mass is 833 g/mol. The number of carbonyl (C=O) groups excluding carboxylic acids is 1. The van der Waals surface area contributed by atoms with Crippen LogP contribution in [-0.2, 0) is 27.9 Å². The number of hydrogen-bond donors (Lipinski definition) is 2. The zero-order chi connectivity index (χ0) is 42.8. The van der Waals surface area contributed by atoms with Crippen LogP contribution in [-0.4, -0.2) is 80.2 Å². The van der Waals surface area contributed by atoms with Crippen LogP contribution in [0.3, 0.4) is 0 Å². The molecule has 0 saturated carbocycles. The third-order valence-electron chi connectivity index (χ3n) is 8.79. The number of ether oxygens (including phenoxy) is 2. The molecule has 0 amide bonds. The van der Waals surface area contributed by atoms with Gasteiger partial charge < -0.3 is 24.0 Å². The molecule has 332 valence electrons. The van der Waals surface area contributed by atoms with Crippen molar-refractivity contribution in [1.82, 2.24) is 0 Å². The molecule has 2 N–H and O–H groups in total. The van der Waals surface area contributed by atoms with E-state index in [-0.39, 0.29) is 26.2 Å².